The van der Waals surface area contributed by atoms with Gasteiger partial charge in [-0.05, 0) is 29.3 Å². The Hall–Kier alpha value is -2.94. The number of hydrogen-bond acceptors (Lipinski definition) is 3. The van der Waals surface area contributed by atoms with Crippen LogP contribution in [0.25, 0.3) is 16.8 Å². The second kappa shape index (κ2) is 6.44. The minimum Gasteiger partial charge on any atom is -0.396 e. The Morgan fingerprint density at radius 3 is 2.26 bits per heavy atom. The Bertz CT molecular complexity index is 786. The van der Waals surface area contributed by atoms with E-state index in [1.807, 2.05) is 6.07 Å². The number of alkyl halides is 3. The van der Waals surface area contributed by atoms with Crippen molar-refractivity contribution in [1.29, 1.82) is 5.26 Å². The third-order valence-electron chi connectivity index (χ3n) is 3.33. The summed E-state index contributed by atoms with van der Waals surface area (Å²) in [6.07, 6.45) is -4.40. The van der Waals surface area contributed by atoms with Crippen molar-refractivity contribution in [2.24, 2.45) is 5.73 Å². The lowest BCUT2D eigenvalue weighted by Gasteiger charge is -2.11. The van der Waals surface area contributed by atoms with E-state index in [0.29, 0.717) is 16.7 Å². The quantitative estimate of drug-likeness (QED) is 0.848. The zero-order chi connectivity index (χ0) is 17.0. The highest BCUT2D eigenvalue weighted by molar-refractivity contribution is 5.74. The Labute approximate surface area is 131 Å². The molecule has 0 fully saturated rings. The lowest BCUT2D eigenvalue weighted by Crippen LogP contribution is -2.11. The molecule has 0 aliphatic carbocycles. The van der Waals surface area contributed by atoms with E-state index in [4.69, 9.17) is 11.0 Å². The largest absolute Gasteiger partial charge is 0.416 e. The molecule has 118 valence electrons. The minimum absolute atomic E-state index is 0.200. The minimum atomic E-state index is -4.40. The molecule has 0 aliphatic rings. The van der Waals surface area contributed by atoms with Crippen molar-refractivity contribution in [2.45, 2.75) is 6.18 Å². The average Bonchev–Trinajstić information content (AvgIpc) is 2.55. The van der Waals surface area contributed by atoms with Crippen LogP contribution in [0, 0.1) is 11.3 Å². The maximum Gasteiger partial charge on any atom is 0.416 e. The van der Waals surface area contributed by atoms with Gasteiger partial charge in [0.25, 0.3) is 0 Å². The van der Waals surface area contributed by atoms with Crippen LogP contribution in [0.5, 0.6) is 0 Å². The molecule has 0 heterocycles. The van der Waals surface area contributed by atoms with Crippen LogP contribution in [-0.4, -0.2) is 7.05 Å². The van der Waals surface area contributed by atoms with Crippen molar-refractivity contribution >= 4 is 5.70 Å². The van der Waals surface area contributed by atoms with Gasteiger partial charge in [-0.3, -0.25) is 0 Å². The molecule has 0 spiro atoms. The third-order valence-corrected chi connectivity index (χ3v) is 3.33. The molecule has 6 heteroatoms. The van der Waals surface area contributed by atoms with Crippen LogP contribution in [0.4, 0.5) is 13.2 Å². The number of halogens is 3. The molecule has 0 saturated heterocycles. The number of nitrogens with two attached hydrogens (primary N) is 1. The predicted molar refractivity (Wildman–Crippen MR) is 82.7 cm³/mol. The molecular formula is C17H14F3N3. The van der Waals surface area contributed by atoms with Crippen LogP contribution in [0.2, 0.25) is 0 Å². The Balaban J connectivity index is 2.50. The number of nitrogens with one attached hydrogen (secondary N) is 1. The van der Waals surface area contributed by atoms with Crippen LogP contribution < -0.4 is 11.1 Å². The van der Waals surface area contributed by atoms with Gasteiger partial charge < -0.3 is 11.1 Å². The van der Waals surface area contributed by atoms with E-state index < -0.39 is 11.7 Å². The highest BCUT2D eigenvalue weighted by atomic mass is 19.4. The molecule has 2 rings (SSSR count). The molecule has 0 unspecified atom stereocenters. The maximum atomic E-state index is 12.8. The van der Waals surface area contributed by atoms with E-state index in [2.05, 4.69) is 5.32 Å². The van der Waals surface area contributed by atoms with E-state index in [1.165, 1.54) is 6.07 Å². The zero-order valence-electron chi connectivity index (χ0n) is 12.3. The summed E-state index contributed by atoms with van der Waals surface area (Å²) in [5.41, 5.74) is 7.23. The zero-order valence-corrected chi connectivity index (χ0v) is 12.3. The van der Waals surface area contributed by atoms with Crippen LogP contribution in [0.1, 0.15) is 11.1 Å². The first-order valence-electron chi connectivity index (χ1n) is 6.72. The first-order chi connectivity index (χ1) is 10.9. The van der Waals surface area contributed by atoms with Crippen LogP contribution in [0.15, 0.2) is 54.2 Å². The van der Waals surface area contributed by atoms with Crippen LogP contribution in [0.3, 0.4) is 0 Å². The van der Waals surface area contributed by atoms with Crippen molar-refractivity contribution in [2.75, 3.05) is 7.05 Å². The number of hydrogen-bond donors (Lipinski definition) is 2. The van der Waals surface area contributed by atoms with Gasteiger partial charge in [-0.25, -0.2) is 0 Å². The molecule has 0 saturated carbocycles. The van der Waals surface area contributed by atoms with Crippen molar-refractivity contribution in [3.63, 3.8) is 0 Å². The highest BCUT2D eigenvalue weighted by Crippen LogP contribution is 2.32. The Morgan fingerprint density at radius 1 is 1.09 bits per heavy atom. The van der Waals surface area contributed by atoms with Gasteiger partial charge in [0.05, 0.1) is 11.3 Å². The predicted octanol–water partition coefficient (Wildman–Crippen LogP) is 3.74. The fraction of sp³-hybridized carbons (Fsp3) is 0.118. The van der Waals surface area contributed by atoms with Gasteiger partial charge in [0.2, 0.25) is 0 Å². The first-order valence-corrected chi connectivity index (χ1v) is 6.72. The fourth-order valence-corrected chi connectivity index (χ4v) is 2.14. The summed E-state index contributed by atoms with van der Waals surface area (Å²) in [7, 11) is 1.57. The summed E-state index contributed by atoms with van der Waals surface area (Å²) in [4.78, 5) is 0. The molecule has 0 aromatic heterocycles. The van der Waals surface area contributed by atoms with Gasteiger partial charge in [-0.1, -0.05) is 30.3 Å². The number of nitriles is 1. The van der Waals surface area contributed by atoms with Crippen molar-refractivity contribution < 1.29 is 13.2 Å². The molecule has 0 radical (unpaired) electrons. The molecule has 0 atom stereocenters. The smallest absolute Gasteiger partial charge is 0.396 e. The van der Waals surface area contributed by atoms with E-state index in [-0.39, 0.29) is 11.4 Å². The maximum absolute atomic E-state index is 12.8. The van der Waals surface area contributed by atoms with E-state index >= 15 is 0 Å². The lowest BCUT2D eigenvalue weighted by atomic mass is 9.99. The second-order valence-corrected chi connectivity index (χ2v) is 4.81. The van der Waals surface area contributed by atoms with Gasteiger partial charge >= 0.3 is 6.18 Å². The summed E-state index contributed by atoms with van der Waals surface area (Å²) in [5, 5.41) is 11.7. The third kappa shape index (κ3) is 3.64. The summed E-state index contributed by atoms with van der Waals surface area (Å²) in [6.45, 7) is 0. The SMILES string of the molecule is CN/C(C#N)=C(\N)c1cccc(-c2cccc(C(F)(F)F)c2)c1. The molecule has 0 bridgehead atoms. The Morgan fingerprint density at radius 2 is 1.70 bits per heavy atom. The molecular weight excluding hydrogens is 303 g/mol. The summed E-state index contributed by atoms with van der Waals surface area (Å²) in [5.74, 6) is 0. The van der Waals surface area contributed by atoms with Gasteiger partial charge in [-0.15, -0.1) is 0 Å². The monoisotopic (exact) mass is 317 g/mol. The van der Waals surface area contributed by atoms with Gasteiger partial charge in [0.1, 0.15) is 11.8 Å². The number of rotatable bonds is 3. The van der Waals surface area contributed by atoms with Crippen molar-refractivity contribution in [3.8, 4) is 17.2 Å². The molecule has 0 aliphatic heterocycles. The topological polar surface area (TPSA) is 61.8 Å². The molecule has 2 aromatic carbocycles. The average molecular weight is 317 g/mol. The van der Waals surface area contributed by atoms with Crippen LogP contribution in [-0.2, 0) is 6.18 Å². The molecule has 3 N–H and O–H groups in total. The number of allylic oxidation sites excluding steroid dienone is 1. The first kappa shape index (κ1) is 16.4. The van der Waals surface area contributed by atoms with Crippen LogP contribution >= 0.6 is 0 Å². The summed E-state index contributed by atoms with van der Waals surface area (Å²) in [6, 6.07) is 13.7. The number of benzene rings is 2. The fourth-order valence-electron chi connectivity index (χ4n) is 2.14. The van der Waals surface area contributed by atoms with E-state index in [0.717, 1.165) is 12.1 Å². The lowest BCUT2D eigenvalue weighted by molar-refractivity contribution is -0.137. The summed E-state index contributed by atoms with van der Waals surface area (Å²) < 4.78 is 38.5. The van der Waals surface area contributed by atoms with Gasteiger partial charge in [0, 0.05) is 12.6 Å². The Kier molecular flexibility index (Phi) is 4.60. The van der Waals surface area contributed by atoms with E-state index in [9.17, 15) is 13.2 Å². The second-order valence-electron chi connectivity index (χ2n) is 4.81. The summed E-state index contributed by atoms with van der Waals surface area (Å²) >= 11 is 0. The van der Waals surface area contributed by atoms with Crippen molar-refractivity contribution in [1.82, 2.24) is 5.32 Å². The highest BCUT2D eigenvalue weighted by Gasteiger charge is 2.30. The molecule has 0 amide bonds. The molecule has 2 aromatic rings. The van der Waals surface area contributed by atoms with Crippen molar-refractivity contribution in [3.05, 3.63) is 65.4 Å². The number of nitrogens with zero attached hydrogens (tertiary/aromatic N) is 1. The van der Waals surface area contributed by atoms with Gasteiger partial charge in [0.15, 0.2) is 0 Å². The normalized spacial score (nSPS) is 12.3. The van der Waals surface area contributed by atoms with Gasteiger partial charge in [-0.2, -0.15) is 18.4 Å². The molecule has 23 heavy (non-hydrogen) atoms. The standard InChI is InChI=1S/C17H14F3N3/c1-23-15(10-21)16(22)13-6-2-4-11(8-13)12-5-3-7-14(9-12)17(18,19)20/h2-9,23H,22H2,1H3/b16-15-. The van der Waals surface area contributed by atoms with E-state index in [1.54, 1.807) is 37.4 Å². The molecule has 3 nitrogen and oxygen atoms in total.